The number of fused-ring (bicyclic) bond motifs is 1. The summed E-state index contributed by atoms with van der Waals surface area (Å²) in [6, 6.07) is 4.12. The predicted octanol–water partition coefficient (Wildman–Crippen LogP) is 1.66. The molecule has 1 heterocycles. The van der Waals surface area contributed by atoms with E-state index in [0.717, 1.165) is 0 Å². The van der Waals surface area contributed by atoms with Gasteiger partial charge in [-0.2, -0.15) is 0 Å². The molecule has 8 heteroatoms. The van der Waals surface area contributed by atoms with Crippen molar-refractivity contribution in [2.75, 3.05) is 18.1 Å². The van der Waals surface area contributed by atoms with Gasteiger partial charge in [-0.3, -0.25) is 19.7 Å². The summed E-state index contributed by atoms with van der Waals surface area (Å²) in [7, 11) is 0. The number of hydrogen-bond donors (Lipinski definition) is 0. The number of ether oxygens (including phenoxy) is 2. The maximum Gasteiger partial charge on any atom is 0.302 e. The molecule has 0 fully saturated rings. The van der Waals surface area contributed by atoms with Crippen LogP contribution in [0.4, 0.5) is 11.4 Å². The zero-order valence-corrected chi connectivity index (χ0v) is 12.3. The first-order chi connectivity index (χ1) is 10.4. The van der Waals surface area contributed by atoms with Crippen LogP contribution in [0.25, 0.3) is 0 Å². The monoisotopic (exact) mass is 308 g/mol. The second kappa shape index (κ2) is 6.42. The second-order valence-electron chi connectivity index (χ2n) is 4.73. The van der Waals surface area contributed by atoms with Crippen molar-refractivity contribution in [2.24, 2.45) is 0 Å². The number of amides is 1. The Hall–Kier alpha value is -2.64. The summed E-state index contributed by atoms with van der Waals surface area (Å²) in [4.78, 5) is 34.9. The normalized spacial score (nSPS) is 16.7. The Balaban J connectivity index is 2.24. The first kappa shape index (κ1) is 15.7. The van der Waals surface area contributed by atoms with Crippen molar-refractivity contribution >= 4 is 23.3 Å². The molecule has 0 N–H and O–H groups in total. The molecule has 1 atom stereocenters. The van der Waals surface area contributed by atoms with E-state index in [1.807, 2.05) is 0 Å². The van der Waals surface area contributed by atoms with E-state index < -0.39 is 17.0 Å². The summed E-state index contributed by atoms with van der Waals surface area (Å²) >= 11 is 0. The van der Waals surface area contributed by atoms with Crippen molar-refractivity contribution in [1.82, 2.24) is 0 Å². The van der Waals surface area contributed by atoms with E-state index in [1.54, 1.807) is 6.92 Å². The zero-order chi connectivity index (χ0) is 16.3. The summed E-state index contributed by atoms with van der Waals surface area (Å²) < 4.78 is 10.4. The SMILES string of the molecule is CCN1C(=O)C(CCOC(C)=O)Oc2cc([N+](=O)[O-])ccc21. The molecule has 0 aromatic heterocycles. The van der Waals surface area contributed by atoms with Crippen molar-refractivity contribution in [3.63, 3.8) is 0 Å². The second-order valence-corrected chi connectivity index (χ2v) is 4.73. The van der Waals surface area contributed by atoms with Crippen LogP contribution < -0.4 is 9.64 Å². The Morgan fingerprint density at radius 3 is 2.82 bits per heavy atom. The maximum atomic E-state index is 12.3. The quantitative estimate of drug-likeness (QED) is 0.466. The van der Waals surface area contributed by atoms with E-state index in [0.29, 0.717) is 12.2 Å². The van der Waals surface area contributed by atoms with Gasteiger partial charge in [0.05, 0.1) is 23.3 Å². The van der Waals surface area contributed by atoms with Crippen LogP contribution in [0.15, 0.2) is 18.2 Å². The number of benzene rings is 1. The van der Waals surface area contributed by atoms with E-state index in [1.165, 1.54) is 30.0 Å². The van der Waals surface area contributed by atoms with Crippen molar-refractivity contribution in [2.45, 2.75) is 26.4 Å². The lowest BCUT2D eigenvalue weighted by molar-refractivity contribution is -0.384. The number of likely N-dealkylation sites (N-methyl/N-ethyl adjacent to an activating group) is 1. The molecule has 22 heavy (non-hydrogen) atoms. The number of carbonyl (C=O) groups is 2. The molecule has 118 valence electrons. The number of rotatable bonds is 5. The standard InChI is InChI=1S/C14H16N2O6/c1-3-15-11-5-4-10(16(19)20)8-13(11)22-12(14(15)18)6-7-21-9(2)17/h4-5,8,12H,3,6-7H2,1-2H3. The van der Waals surface area contributed by atoms with Gasteiger partial charge < -0.3 is 14.4 Å². The van der Waals surface area contributed by atoms with E-state index in [-0.39, 0.29) is 30.4 Å². The molecule has 1 aromatic rings. The number of nitrogens with zero attached hydrogens (tertiary/aromatic N) is 2. The molecule has 2 rings (SSSR count). The summed E-state index contributed by atoms with van der Waals surface area (Å²) in [5, 5.41) is 10.8. The third-order valence-electron chi connectivity index (χ3n) is 3.26. The molecular weight excluding hydrogens is 292 g/mol. The summed E-state index contributed by atoms with van der Waals surface area (Å²) in [5.41, 5.74) is 0.393. The summed E-state index contributed by atoms with van der Waals surface area (Å²) in [5.74, 6) is -0.411. The molecule has 0 spiro atoms. The molecule has 1 amide bonds. The fraction of sp³-hybridized carbons (Fsp3) is 0.429. The third kappa shape index (κ3) is 3.16. The van der Waals surface area contributed by atoms with Gasteiger partial charge in [-0.15, -0.1) is 0 Å². The van der Waals surface area contributed by atoms with E-state index in [2.05, 4.69) is 0 Å². The van der Waals surface area contributed by atoms with Gasteiger partial charge in [0.25, 0.3) is 11.6 Å². The first-order valence-electron chi connectivity index (χ1n) is 6.84. The fourth-order valence-corrected chi connectivity index (χ4v) is 2.25. The highest BCUT2D eigenvalue weighted by atomic mass is 16.6. The molecule has 1 unspecified atom stereocenters. The third-order valence-corrected chi connectivity index (χ3v) is 3.26. The number of non-ortho nitro benzene ring substituents is 1. The Kier molecular flexibility index (Phi) is 4.59. The topological polar surface area (TPSA) is 99.0 Å². The number of carbonyl (C=O) groups excluding carboxylic acids is 2. The Bertz CT molecular complexity index is 615. The van der Waals surface area contributed by atoms with Gasteiger partial charge in [0, 0.05) is 26.0 Å². The molecule has 1 aliphatic rings. The Morgan fingerprint density at radius 2 is 2.23 bits per heavy atom. The summed E-state index contributed by atoms with van der Waals surface area (Å²) in [6.07, 6.45) is -0.634. The van der Waals surface area contributed by atoms with E-state index in [4.69, 9.17) is 9.47 Å². The van der Waals surface area contributed by atoms with E-state index in [9.17, 15) is 19.7 Å². The highest BCUT2D eigenvalue weighted by molar-refractivity contribution is 6.00. The van der Waals surface area contributed by atoms with Gasteiger partial charge in [-0.1, -0.05) is 0 Å². The van der Waals surface area contributed by atoms with Gasteiger partial charge >= 0.3 is 5.97 Å². The molecule has 0 aliphatic carbocycles. The Labute approximate surface area is 126 Å². The smallest absolute Gasteiger partial charge is 0.302 e. The highest BCUT2D eigenvalue weighted by Crippen LogP contribution is 2.37. The fourth-order valence-electron chi connectivity index (χ4n) is 2.25. The molecule has 8 nitrogen and oxygen atoms in total. The average Bonchev–Trinajstić information content (AvgIpc) is 2.47. The van der Waals surface area contributed by atoms with Crippen LogP contribution in [0.1, 0.15) is 20.3 Å². The summed E-state index contributed by atoms with van der Waals surface area (Å²) in [6.45, 7) is 3.54. The number of anilines is 1. The number of nitro benzene ring substituents is 1. The van der Waals surface area contributed by atoms with Crippen molar-refractivity contribution in [1.29, 1.82) is 0 Å². The van der Waals surface area contributed by atoms with Crippen LogP contribution in [0, 0.1) is 10.1 Å². The van der Waals surface area contributed by atoms with Crippen molar-refractivity contribution in [3.05, 3.63) is 28.3 Å². The van der Waals surface area contributed by atoms with Crippen LogP contribution in [0.3, 0.4) is 0 Å². The minimum Gasteiger partial charge on any atom is -0.478 e. The van der Waals surface area contributed by atoms with Gasteiger partial charge in [-0.05, 0) is 13.0 Å². The van der Waals surface area contributed by atoms with Crippen LogP contribution in [0.5, 0.6) is 5.75 Å². The first-order valence-corrected chi connectivity index (χ1v) is 6.84. The predicted molar refractivity (Wildman–Crippen MR) is 76.8 cm³/mol. The van der Waals surface area contributed by atoms with Crippen LogP contribution in [-0.2, 0) is 14.3 Å². The lowest BCUT2D eigenvalue weighted by Crippen LogP contribution is -2.46. The lowest BCUT2D eigenvalue weighted by atomic mass is 10.1. The van der Waals surface area contributed by atoms with Crippen molar-refractivity contribution in [3.8, 4) is 5.75 Å². The molecule has 0 saturated heterocycles. The molecule has 0 radical (unpaired) electrons. The molecule has 0 saturated carbocycles. The highest BCUT2D eigenvalue weighted by Gasteiger charge is 2.34. The molecule has 1 aromatic carbocycles. The van der Waals surface area contributed by atoms with Gasteiger partial charge in [0.2, 0.25) is 0 Å². The minimum absolute atomic E-state index is 0.0492. The van der Waals surface area contributed by atoms with Crippen LogP contribution in [0.2, 0.25) is 0 Å². The number of esters is 1. The minimum atomic E-state index is -0.825. The van der Waals surface area contributed by atoms with Gasteiger partial charge in [0.1, 0.15) is 0 Å². The maximum absolute atomic E-state index is 12.3. The zero-order valence-electron chi connectivity index (χ0n) is 12.3. The lowest BCUT2D eigenvalue weighted by Gasteiger charge is -2.33. The van der Waals surface area contributed by atoms with E-state index >= 15 is 0 Å². The van der Waals surface area contributed by atoms with Gasteiger partial charge in [0.15, 0.2) is 11.9 Å². The molecule has 0 bridgehead atoms. The number of hydrogen-bond acceptors (Lipinski definition) is 6. The average molecular weight is 308 g/mol. The molecular formula is C14H16N2O6. The largest absolute Gasteiger partial charge is 0.478 e. The van der Waals surface area contributed by atoms with Crippen molar-refractivity contribution < 1.29 is 24.0 Å². The van der Waals surface area contributed by atoms with Crippen LogP contribution >= 0.6 is 0 Å². The number of nitro groups is 1. The Morgan fingerprint density at radius 1 is 1.50 bits per heavy atom. The molecule has 1 aliphatic heterocycles. The van der Waals surface area contributed by atoms with Gasteiger partial charge in [-0.25, -0.2) is 0 Å². The van der Waals surface area contributed by atoms with Crippen LogP contribution in [-0.4, -0.2) is 36.1 Å².